The summed E-state index contributed by atoms with van der Waals surface area (Å²) in [6.07, 6.45) is 6.30. The minimum absolute atomic E-state index is 0.170. The molecule has 1 aliphatic heterocycles. The van der Waals surface area contributed by atoms with Crippen molar-refractivity contribution < 1.29 is 17.6 Å². The summed E-state index contributed by atoms with van der Waals surface area (Å²) in [5, 5.41) is 5.72. The van der Waals surface area contributed by atoms with E-state index in [1.807, 2.05) is 66.9 Å². The number of rotatable bonds is 5. The third-order valence-corrected chi connectivity index (χ3v) is 7.15. The molecule has 0 aliphatic carbocycles. The second kappa shape index (κ2) is 8.92. The molecule has 0 bridgehead atoms. The van der Waals surface area contributed by atoms with Crippen LogP contribution in [0.4, 0.5) is 0 Å². The zero-order chi connectivity index (χ0) is 23.7. The van der Waals surface area contributed by atoms with Crippen molar-refractivity contribution in [1.29, 1.82) is 0 Å². The molecule has 1 fully saturated rings. The summed E-state index contributed by atoms with van der Waals surface area (Å²) >= 11 is 0. The van der Waals surface area contributed by atoms with Crippen LogP contribution < -0.4 is 0 Å². The number of benzene rings is 2. The van der Waals surface area contributed by atoms with Gasteiger partial charge in [0.15, 0.2) is 5.76 Å². The molecule has 4 aromatic rings. The molecule has 1 amide bonds. The van der Waals surface area contributed by atoms with Crippen molar-refractivity contribution in [1.82, 2.24) is 19.0 Å². The second-order valence-corrected chi connectivity index (χ2v) is 10.2. The van der Waals surface area contributed by atoms with Gasteiger partial charge in [0.2, 0.25) is 15.9 Å². The number of sulfonamides is 1. The van der Waals surface area contributed by atoms with Gasteiger partial charge in [0.1, 0.15) is 11.3 Å². The third-order valence-electron chi connectivity index (χ3n) is 5.85. The van der Waals surface area contributed by atoms with Crippen molar-refractivity contribution in [2.24, 2.45) is 0 Å². The monoisotopic (exact) mass is 476 g/mol. The molecule has 0 radical (unpaired) electrons. The van der Waals surface area contributed by atoms with Gasteiger partial charge < -0.3 is 9.32 Å². The van der Waals surface area contributed by atoms with E-state index in [-0.39, 0.29) is 5.91 Å². The first-order chi connectivity index (χ1) is 16.4. The molecule has 2 aromatic carbocycles. The number of furan rings is 1. The number of hydrogen-bond donors (Lipinski definition) is 0. The molecule has 5 rings (SSSR count). The van der Waals surface area contributed by atoms with Gasteiger partial charge >= 0.3 is 0 Å². The zero-order valence-electron chi connectivity index (χ0n) is 18.7. The first kappa shape index (κ1) is 22.1. The summed E-state index contributed by atoms with van der Waals surface area (Å²) in [5.74, 6) is 0.445. The number of nitrogens with zero attached hydrogens (tertiary/aromatic N) is 4. The predicted octanol–water partition coefficient (Wildman–Crippen LogP) is 3.40. The lowest BCUT2D eigenvalue weighted by molar-refractivity contribution is -0.127. The molecule has 0 spiro atoms. The SMILES string of the molecule is CS(=O)(=O)N1CCN(C(=O)/C=C/c2cn(-c3ccccc3)nc2-c2cc3ccccc3o2)CC1. The summed E-state index contributed by atoms with van der Waals surface area (Å²) in [6.45, 7) is 1.31. The lowest BCUT2D eigenvalue weighted by Gasteiger charge is -2.32. The van der Waals surface area contributed by atoms with Gasteiger partial charge in [0.05, 0.1) is 11.9 Å². The number of para-hydroxylation sites is 2. The summed E-state index contributed by atoms with van der Waals surface area (Å²) in [7, 11) is -3.25. The Morgan fingerprint density at radius 3 is 2.41 bits per heavy atom. The molecule has 0 N–H and O–H groups in total. The van der Waals surface area contributed by atoms with Crippen LogP contribution in [0.5, 0.6) is 0 Å². The Morgan fingerprint density at radius 2 is 1.71 bits per heavy atom. The standard InChI is InChI=1S/C25H24N4O4S/c1-34(31,32)28-15-13-27(14-16-28)24(30)12-11-20-18-29(21-8-3-2-4-9-21)26-25(20)23-17-19-7-5-6-10-22(19)33-23/h2-12,17-18H,13-16H2,1H3/b12-11+. The molecule has 34 heavy (non-hydrogen) atoms. The highest BCUT2D eigenvalue weighted by molar-refractivity contribution is 7.88. The van der Waals surface area contributed by atoms with E-state index in [1.165, 1.54) is 16.6 Å². The van der Waals surface area contributed by atoms with Crippen LogP contribution in [0.2, 0.25) is 0 Å². The Bertz CT molecular complexity index is 1430. The number of fused-ring (bicyclic) bond motifs is 1. The Balaban J connectivity index is 1.44. The minimum Gasteiger partial charge on any atom is -0.454 e. The van der Waals surface area contributed by atoms with E-state index in [1.54, 1.807) is 15.7 Å². The van der Waals surface area contributed by atoms with E-state index >= 15 is 0 Å². The van der Waals surface area contributed by atoms with Crippen LogP contribution >= 0.6 is 0 Å². The Hall–Kier alpha value is -3.69. The Kier molecular flexibility index (Phi) is 5.80. The van der Waals surface area contributed by atoms with Gasteiger partial charge in [-0.2, -0.15) is 9.40 Å². The van der Waals surface area contributed by atoms with E-state index in [4.69, 9.17) is 9.52 Å². The first-order valence-electron chi connectivity index (χ1n) is 10.9. The molecule has 2 aromatic heterocycles. The van der Waals surface area contributed by atoms with Gasteiger partial charge in [-0.3, -0.25) is 4.79 Å². The molecule has 9 heteroatoms. The van der Waals surface area contributed by atoms with Crippen LogP contribution in [0.15, 0.2) is 77.4 Å². The zero-order valence-corrected chi connectivity index (χ0v) is 19.5. The fourth-order valence-electron chi connectivity index (χ4n) is 4.02. The van der Waals surface area contributed by atoms with E-state index in [2.05, 4.69) is 0 Å². The summed E-state index contributed by atoms with van der Waals surface area (Å²) in [4.78, 5) is 14.5. The molecular formula is C25H24N4O4S. The fourth-order valence-corrected chi connectivity index (χ4v) is 4.85. The molecule has 174 valence electrons. The highest BCUT2D eigenvalue weighted by Crippen LogP contribution is 2.30. The average molecular weight is 477 g/mol. The molecule has 0 atom stereocenters. The highest BCUT2D eigenvalue weighted by Gasteiger charge is 2.25. The average Bonchev–Trinajstić information content (AvgIpc) is 3.47. The second-order valence-electron chi connectivity index (χ2n) is 8.18. The number of piperazine rings is 1. The third kappa shape index (κ3) is 4.52. The number of carbonyl (C=O) groups excluding carboxylic acids is 1. The van der Waals surface area contributed by atoms with Crippen LogP contribution in [-0.4, -0.2) is 65.7 Å². The van der Waals surface area contributed by atoms with Crippen molar-refractivity contribution in [3.8, 4) is 17.1 Å². The van der Waals surface area contributed by atoms with Gasteiger partial charge in [-0.1, -0.05) is 36.4 Å². The number of aromatic nitrogens is 2. The molecular weight excluding hydrogens is 452 g/mol. The van der Waals surface area contributed by atoms with E-state index < -0.39 is 10.0 Å². The van der Waals surface area contributed by atoms with Crippen LogP contribution in [0.25, 0.3) is 34.2 Å². The molecule has 1 aliphatic rings. The maximum Gasteiger partial charge on any atom is 0.246 e. The minimum atomic E-state index is -3.25. The first-order valence-corrected chi connectivity index (χ1v) is 12.8. The van der Waals surface area contributed by atoms with Crippen LogP contribution in [-0.2, 0) is 14.8 Å². The van der Waals surface area contributed by atoms with Crippen molar-refractivity contribution >= 4 is 33.0 Å². The van der Waals surface area contributed by atoms with Gasteiger partial charge in [-0.05, 0) is 30.3 Å². The van der Waals surface area contributed by atoms with Gasteiger partial charge in [-0.25, -0.2) is 13.1 Å². The van der Waals surface area contributed by atoms with Crippen molar-refractivity contribution in [3.63, 3.8) is 0 Å². The molecule has 8 nitrogen and oxygen atoms in total. The van der Waals surface area contributed by atoms with E-state index in [0.717, 1.165) is 22.2 Å². The maximum absolute atomic E-state index is 12.8. The highest BCUT2D eigenvalue weighted by atomic mass is 32.2. The summed E-state index contributed by atoms with van der Waals surface area (Å²) in [6, 6.07) is 19.4. The van der Waals surface area contributed by atoms with Crippen molar-refractivity contribution in [3.05, 3.63) is 78.5 Å². The quantitative estimate of drug-likeness (QED) is 0.412. The fraction of sp³-hybridized carbons (Fsp3) is 0.200. The van der Waals surface area contributed by atoms with Gasteiger partial charge in [0, 0.05) is 49.4 Å². The summed E-state index contributed by atoms with van der Waals surface area (Å²) < 4.78 is 32.6. The normalized spacial score (nSPS) is 15.4. The Labute approximate surface area is 197 Å². The largest absolute Gasteiger partial charge is 0.454 e. The molecule has 3 heterocycles. The lowest BCUT2D eigenvalue weighted by atomic mass is 10.1. The van der Waals surface area contributed by atoms with Crippen molar-refractivity contribution in [2.75, 3.05) is 32.4 Å². The predicted molar refractivity (Wildman–Crippen MR) is 131 cm³/mol. The van der Waals surface area contributed by atoms with Gasteiger partial charge in [0.25, 0.3) is 0 Å². The smallest absolute Gasteiger partial charge is 0.246 e. The molecule has 0 unspecified atom stereocenters. The van der Waals surface area contributed by atoms with Crippen LogP contribution in [0.1, 0.15) is 5.56 Å². The van der Waals surface area contributed by atoms with E-state index in [0.29, 0.717) is 37.6 Å². The van der Waals surface area contributed by atoms with E-state index in [9.17, 15) is 13.2 Å². The molecule has 1 saturated heterocycles. The topological polar surface area (TPSA) is 88.7 Å². The molecule has 0 saturated carbocycles. The Morgan fingerprint density at radius 1 is 1.00 bits per heavy atom. The van der Waals surface area contributed by atoms with Crippen LogP contribution in [0.3, 0.4) is 0 Å². The van der Waals surface area contributed by atoms with Crippen LogP contribution in [0, 0.1) is 0 Å². The number of amides is 1. The van der Waals surface area contributed by atoms with Crippen molar-refractivity contribution in [2.45, 2.75) is 0 Å². The number of carbonyl (C=O) groups is 1. The maximum atomic E-state index is 12.8. The van der Waals surface area contributed by atoms with Gasteiger partial charge in [-0.15, -0.1) is 0 Å². The number of hydrogen-bond acceptors (Lipinski definition) is 5. The summed E-state index contributed by atoms with van der Waals surface area (Å²) in [5.41, 5.74) is 3.03. The lowest BCUT2D eigenvalue weighted by Crippen LogP contribution is -2.49.